The van der Waals surface area contributed by atoms with Crippen LogP contribution in [-0.4, -0.2) is 16.0 Å². The molecule has 0 aromatic heterocycles. The summed E-state index contributed by atoms with van der Waals surface area (Å²) in [5, 5.41) is 19.5. The Bertz CT molecular complexity index is 445. The van der Waals surface area contributed by atoms with E-state index in [0.29, 0.717) is 11.1 Å². The van der Waals surface area contributed by atoms with Crippen LogP contribution in [0.15, 0.2) is 12.1 Å². The average Bonchev–Trinajstić information content (AvgIpc) is 2.14. The van der Waals surface area contributed by atoms with Crippen LogP contribution >= 0.6 is 0 Å². The molecule has 0 radical (unpaired) electrons. The number of nitro groups is 1. The topological polar surface area (TPSA) is 80.4 Å². The second kappa shape index (κ2) is 4.95. The summed E-state index contributed by atoms with van der Waals surface area (Å²) in [6.45, 7) is 5.14. The zero-order chi connectivity index (χ0) is 13.2. The van der Waals surface area contributed by atoms with Crippen molar-refractivity contribution in [1.29, 1.82) is 0 Å². The molecule has 1 N–H and O–H groups in total. The van der Waals surface area contributed by atoms with Crippen molar-refractivity contribution < 1.29 is 14.8 Å². The lowest BCUT2D eigenvalue weighted by atomic mass is 9.93. The van der Waals surface area contributed by atoms with E-state index in [2.05, 4.69) is 0 Å². The predicted octanol–water partition coefficient (Wildman–Crippen LogP) is 2.79. The van der Waals surface area contributed by atoms with Crippen LogP contribution in [0.2, 0.25) is 0 Å². The summed E-state index contributed by atoms with van der Waals surface area (Å²) in [7, 11) is 0. The van der Waals surface area contributed by atoms with Crippen molar-refractivity contribution in [3.8, 4) is 0 Å². The standard InChI is InChI=1S/C12H15NO4/c1-7(6-11(14)15)10-4-8(2)12(13(16)17)9(3)5-10/h4-5,7H,6H2,1-3H3,(H,14,15). The lowest BCUT2D eigenvalue weighted by Crippen LogP contribution is -2.05. The van der Waals surface area contributed by atoms with Gasteiger partial charge in [0, 0.05) is 11.1 Å². The molecule has 0 bridgehead atoms. The molecule has 5 heteroatoms. The van der Waals surface area contributed by atoms with Crippen molar-refractivity contribution in [2.45, 2.75) is 33.1 Å². The second-order valence-corrected chi connectivity index (χ2v) is 4.26. The number of carbonyl (C=O) groups is 1. The monoisotopic (exact) mass is 237 g/mol. The molecule has 1 rings (SSSR count). The lowest BCUT2D eigenvalue weighted by Gasteiger charge is -2.11. The number of rotatable bonds is 4. The van der Waals surface area contributed by atoms with Crippen molar-refractivity contribution in [2.75, 3.05) is 0 Å². The zero-order valence-corrected chi connectivity index (χ0v) is 10.1. The van der Waals surface area contributed by atoms with E-state index in [-0.39, 0.29) is 18.0 Å². The van der Waals surface area contributed by atoms with Gasteiger partial charge >= 0.3 is 5.97 Å². The van der Waals surface area contributed by atoms with Gasteiger partial charge in [-0.1, -0.05) is 6.92 Å². The maximum absolute atomic E-state index is 10.8. The van der Waals surface area contributed by atoms with E-state index in [4.69, 9.17) is 5.11 Å². The fourth-order valence-electron chi connectivity index (χ4n) is 1.94. The predicted molar refractivity (Wildman–Crippen MR) is 63.2 cm³/mol. The van der Waals surface area contributed by atoms with Gasteiger partial charge in [0.15, 0.2) is 0 Å². The molecule has 0 fully saturated rings. The summed E-state index contributed by atoms with van der Waals surface area (Å²) >= 11 is 0. The van der Waals surface area contributed by atoms with Gasteiger partial charge < -0.3 is 5.11 Å². The summed E-state index contributed by atoms with van der Waals surface area (Å²) < 4.78 is 0. The molecule has 1 aromatic carbocycles. The van der Waals surface area contributed by atoms with E-state index < -0.39 is 10.9 Å². The minimum Gasteiger partial charge on any atom is -0.481 e. The van der Waals surface area contributed by atoms with Gasteiger partial charge in [-0.3, -0.25) is 14.9 Å². The van der Waals surface area contributed by atoms with E-state index in [0.717, 1.165) is 5.56 Å². The van der Waals surface area contributed by atoms with Crippen molar-refractivity contribution in [3.05, 3.63) is 38.9 Å². The van der Waals surface area contributed by atoms with Crippen LogP contribution in [0, 0.1) is 24.0 Å². The molecule has 0 aliphatic heterocycles. The number of nitrogens with zero attached hydrogens (tertiary/aromatic N) is 1. The van der Waals surface area contributed by atoms with E-state index >= 15 is 0 Å². The summed E-state index contributed by atoms with van der Waals surface area (Å²) in [6.07, 6.45) is 0.0245. The van der Waals surface area contributed by atoms with E-state index in [9.17, 15) is 14.9 Å². The van der Waals surface area contributed by atoms with Crippen LogP contribution in [0.4, 0.5) is 5.69 Å². The van der Waals surface area contributed by atoms with Gasteiger partial charge in [0.25, 0.3) is 5.69 Å². The molecular formula is C12H15NO4. The van der Waals surface area contributed by atoms with Crippen molar-refractivity contribution in [2.24, 2.45) is 0 Å². The summed E-state index contributed by atoms with van der Waals surface area (Å²) in [5.41, 5.74) is 2.08. The molecule has 0 aliphatic rings. The molecule has 1 aromatic rings. The van der Waals surface area contributed by atoms with Gasteiger partial charge in [0.05, 0.1) is 11.3 Å². The van der Waals surface area contributed by atoms with Crippen molar-refractivity contribution in [3.63, 3.8) is 0 Å². The molecule has 92 valence electrons. The first kappa shape index (κ1) is 13.2. The largest absolute Gasteiger partial charge is 0.481 e. The number of aliphatic carboxylic acids is 1. The quantitative estimate of drug-likeness (QED) is 0.645. The molecule has 0 amide bonds. The number of hydrogen-bond donors (Lipinski definition) is 1. The van der Waals surface area contributed by atoms with Crippen molar-refractivity contribution >= 4 is 11.7 Å². The van der Waals surface area contributed by atoms with Gasteiger partial charge in [-0.05, 0) is 37.5 Å². The Kier molecular flexibility index (Phi) is 3.83. The Morgan fingerprint density at radius 1 is 1.41 bits per heavy atom. The molecule has 0 saturated heterocycles. The molecule has 0 saturated carbocycles. The third-order valence-corrected chi connectivity index (χ3v) is 2.75. The highest BCUT2D eigenvalue weighted by Crippen LogP contribution is 2.29. The Morgan fingerprint density at radius 3 is 2.24 bits per heavy atom. The maximum Gasteiger partial charge on any atom is 0.303 e. The number of benzene rings is 1. The van der Waals surface area contributed by atoms with Gasteiger partial charge in [-0.15, -0.1) is 0 Å². The molecule has 0 heterocycles. The van der Waals surface area contributed by atoms with Crippen LogP contribution in [0.5, 0.6) is 0 Å². The third-order valence-electron chi connectivity index (χ3n) is 2.75. The summed E-state index contributed by atoms with van der Waals surface area (Å²) in [6, 6.07) is 3.39. The molecule has 17 heavy (non-hydrogen) atoms. The minimum absolute atomic E-state index is 0.0245. The molecule has 0 aliphatic carbocycles. The van der Waals surface area contributed by atoms with E-state index in [1.165, 1.54) is 0 Å². The third kappa shape index (κ3) is 3.03. The minimum atomic E-state index is -0.869. The second-order valence-electron chi connectivity index (χ2n) is 4.26. The van der Waals surface area contributed by atoms with E-state index in [1.807, 2.05) is 0 Å². The Hall–Kier alpha value is -1.91. The Morgan fingerprint density at radius 2 is 1.88 bits per heavy atom. The number of carboxylic acid groups (broad SMARTS) is 1. The van der Waals surface area contributed by atoms with Gasteiger partial charge in [-0.2, -0.15) is 0 Å². The fourth-order valence-corrected chi connectivity index (χ4v) is 1.94. The maximum atomic E-state index is 10.8. The molecule has 5 nitrogen and oxygen atoms in total. The van der Waals surface area contributed by atoms with Crippen LogP contribution in [0.1, 0.15) is 36.0 Å². The van der Waals surface area contributed by atoms with Gasteiger partial charge in [-0.25, -0.2) is 0 Å². The van der Waals surface area contributed by atoms with E-state index in [1.54, 1.807) is 32.9 Å². The first-order valence-electron chi connectivity index (χ1n) is 5.30. The first-order valence-corrected chi connectivity index (χ1v) is 5.30. The Labute approximate surface area is 99.2 Å². The van der Waals surface area contributed by atoms with Crippen LogP contribution < -0.4 is 0 Å². The first-order chi connectivity index (χ1) is 7.82. The lowest BCUT2D eigenvalue weighted by molar-refractivity contribution is -0.386. The van der Waals surface area contributed by atoms with Gasteiger partial charge in [0.1, 0.15) is 0 Å². The summed E-state index contributed by atoms with van der Waals surface area (Å²) in [5.74, 6) is -1.02. The number of aryl methyl sites for hydroxylation is 2. The number of hydrogen-bond acceptors (Lipinski definition) is 3. The van der Waals surface area contributed by atoms with Crippen LogP contribution in [-0.2, 0) is 4.79 Å². The van der Waals surface area contributed by atoms with Crippen molar-refractivity contribution in [1.82, 2.24) is 0 Å². The number of nitro benzene ring substituents is 1. The van der Waals surface area contributed by atoms with Gasteiger partial charge in [0.2, 0.25) is 0 Å². The average molecular weight is 237 g/mol. The zero-order valence-electron chi connectivity index (χ0n) is 10.1. The molecular weight excluding hydrogens is 222 g/mol. The molecule has 0 spiro atoms. The number of carboxylic acids is 1. The highest BCUT2D eigenvalue weighted by molar-refractivity contribution is 5.68. The normalized spacial score (nSPS) is 12.2. The summed E-state index contributed by atoms with van der Waals surface area (Å²) in [4.78, 5) is 21.0. The highest BCUT2D eigenvalue weighted by Gasteiger charge is 2.18. The fraction of sp³-hybridized carbons (Fsp3) is 0.417. The van der Waals surface area contributed by atoms with Crippen LogP contribution in [0.25, 0.3) is 0 Å². The smallest absolute Gasteiger partial charge is 0.303 e. The molecule has 1 unspecified atom stereocenters. The van der Waals surface area contributed by atoms with Crippen LogP contribution in [0.3, 0.4) is 0 Å². The highest BCUT2D eigenvalue weighted by atomic mass is 16.6. The molecule has 1 atom stereocenters. The Balaban J connectivity index is 3.14. The SMILES string of the molecule is Cc1cc(C(C)CC(=O)O)cc(C)c1[N+](=O)[O-].